The number of anilines is 2. The van der Waals surface area contributed by atoms with Crippen molar-refractivity contribution in [1.82, 2.24) is 4.98 Å². The summed E-state index contributed by atoms with van der Waals surface area (Å²) in [5.74, 6) is 2.75. The van der Waals surface area contributed by atoms with Crippen LogP contribution >= 0.6 is 11.8 Å². The first-order valence-corrected chi connectivity index (χ1v) is 7.62. The van der Waals surface area contributed by atoms with Gasteiger partial charge >= 0.3 is 5.76 Å². The van der Waals surface area contributed by atoms with Crippen LogP contribution in [0.3, 0.4) is 0 Å². The fourth-order valence-corrected chi connectivity index (χ4v) is 3.58. The van der Waals surface area contributed by atoms with E-state index in [4.69, 9.17) is 10.2 Å². The molecule has 1 fully saturated rings. The summed E-state index contributed by atoms with van der Waals surface area (Å²) in [7, 11) is 0. The SMILES string of the molecule is Nc1cc2oc(=O)[nH]c2cc1NCC1CCSCC1. The molecule has 0 amide bonds. The van der Waals surface area contributed by atoms with E-state index in [2.05, 4.69) is 10.3 Å². The predicted octanol–water partition coefficient (Wildman–Crippen LogP) is 2.26. The fraction of sp³-hybridized carbons (Fsp3) is 0.462. The maximum atomic E-state index is 11.1. The molecule has 1 aromatic heterocycles. The molecule has 0 saturated carbocycles. The van der Waals surface area contributed by atoms with Gasteiger partial charge in [-0.15, -0.1) is 0 Å². The average Bonchev–Trinajstić information content (AvgIpc) is 2.76. The van der Waals surface area contributed by atoms with Crippen LogP contribution in [0.1, 0.15) is 12.8 Å². The van der Waals surface area contributed by atoms with Gasteiger partial charge in [0.1, 0.15) is 0 Å². The van der Waals surface area contributed by atoms with Crippen LogP contribution < -0.4 is 16.8 Å². The molecule has 1 aliphatic heterocycles. The van der Waals surface area contributed by atoms with Crippen molar-refractivity contribution in [3.05, 3.63) is 22.7 Å². The smallest absolute Gasteiger partial charge is 0.408 e. The molecule has 5 nitrogen and oxygen atoms in total. The van der Waals surface area contributed by atoms with Crippen LogP contribution in [-0.2, 0) is 0 Å². The Balaban J connectivity index is 1.76. The van der Waals surface area contributed by atoms with Gasteiger partial charge < -0.3 is 15.5 Å². The van der Waals surface area contributed by atoms with Crippen LogP contribution in [-0.4, -0.2) is 23.0 Å². The normalized spacial score (nSPS) is 16.8. The molecule has 6 heteroatoms. The van der Waals surface area contributed by atoms with E-state index < -0.39 is 5.76 Å². The second-order valence-electron chi connectivity index (χ2n) is 4.89. The van der Waals surface area contributed by atoms with Gasteiger partial charge in [0.2, 0.25) is 0 Å². The number of hydrogen-bond acceptors (Lipinski definition) is 5. The maximum absolute atomic E-state index is 11.1. The van der Waals surface area contributed by atoms with Crippen molar-refractivity contribution >= 4 is 34.2 Å². The van der Waals surface area contributed by atoms with Gasteiger partial charge in [0.05, 0.1) is 16.9 Å². The monoisotopic (exact) mass is 279 g/mol. The average molecular weight is 279 g/mol. The van der Waals surface area contributed by atoms with Gasteiger partial charge in [-0.25, -0.2) is 4.79 Å². The topological polar surface area (TPSA) is 84.0 Å². The Hall–Kier alpha value is -1.56. The Kier molecular flexibility index (Phi) is 3.42. The lowest BCUT2D eigenvalue weighted by atomic mass is 10.0. The first-order chi connectivity index (χ1) is 9.22. The summed E-state index contributed by atoms with van der Waals surface area (Å²) < 4.78 is 4.98. The molecular formula is C13H17N3O2S. The second kappa shape index (κ2) is 5.21. The number of benzene rings is 1. The van der Waals surface area contributed by atoms with Crippen LogP contribution in [0.2, 0.25) is 0 Å². The minimum Gasteiger partial charge on any atom is -0.408 e. The number of aromatic amines is 1. The largest absolute Gasteiger partial charge is 0.417 e. The molecule has 4 N–H and O–H groups in total. The number of nitrogen functional groups attached to an aromatic ring is 1. The highest BCUT2D eigenvalue weighted by atomic mass is 32.2. The Morgan fingerprint density at radius 1 is 1.42 bits per heavy atom. The lowest BCUT2D eigenvalue weighted by Crippen LogP contribution is -2.19. The molecule has 0 unspecified atom stereocenters. The molecule has 0 aliphatic carbocycles. The van der Waals surface area contributed by atoms with Crippen molar-refractivity contribution in [3.8, 4) is 0 Å². The van der Waals surface area contributed by atoms with Crippen LogP contribution in [0.25, 0.3) is 11.1 Å². The van der Waals surface area contributed by atoms with Crippen molar-refractivity contribution < 1.29 is 4.42 Å². The molecule has 1 aromatic carbocycles. The zero-order chi connectivity index (χ0) is 13.2. The van der Waals surface area contributed by atoms with Gasteiger partial charge in [0.25, 0.3) is 0 Å². The minimum atomic E-state index is -0.448. The molecule has 0 radical (unpaired) electrons. The summed E-state index contributed by atoms with van der Waals surface area (Å²) in [6.07, 6.45) is 2.50. The molecule has 102 valence electrons. The molecule has 1 saturated heterocycles. The van der Waals surface area contributed by atoms with Gasteiger partial charge in [-0.2, -0.15) is 11.8 Å². The highest BCUT2D eigenvalue weighted by molar-refractivity contribution is 7.99. The third-order valence-corrected chi connectivity index (χ3v) is 4.56. The Bertz CT molecular complexity index is 628. The number of hydrogen-bond donors (Lipinski definition) is 3. The highest BCUT2D eigenvalue weighted by Gasteiger charge is 2.14. The number of aromatic nitrogens is 1. The van der Waals surface area contributed by atoms with E-state index in [1.54, 1.807) is 6.07 Å². The van der Waals surface area contributed by atoms with Gasteiger partial charge in [-0.3, -0.25) is 4.98 Å². The van der Waals surface area contributed by atoms with Gasteiger partial charge in [0, 0.05) is 12.6 Å². The number of fused-ring (bicyclic) bond motifs is 1. The lowest BCUT2D eigenvalue weighted by Gasteiger charge is -2.22. The number of oxazole rings is 1. The van der Waals surface area contributed by atoms with Crippen LogP contribution in [0.4, 0.5) is 11.4 Å². The summed E-state index contributed by atoms with van der Waals surface area (Å²) in [5, 5.41) is 3.39. The number of rotatable bonds is 3. The van der Waals surface area contributed by atoms with Crippen LogP contribution in [0.5, 0.6) is 0 Å². The van der Waals surface area contributed by atoms with E-state index in [0.717, 1.165) is 12.2 Å². The van der Waals surface area contributed by atoms with Gasteiger partial charge in [0.15, 0.2) is 5.58 Å². The third kappa shape index (κ3) is 2.73. The van der Waals surface area contributed by atoms with E-state index in [1.165, 1.54) is 24.3 Å². The predicted molar refractivity (Wildman–Crippen MR) is 79.8 cm³/mol. The van der Waals surface area contributed by atoms with E-state index in [0.29, 0.717) is 22.7 Å². The molecule has 19 heavy (non-hydrogen) atoms. The summed E-state index contributed by atoms with van der Waals surface area (Å²) in [4.78, 5) is 13.8. The van der Waals surface area contributed by atoms with Crippen LogP contribution in [0.15, 0.2) is 21.3 Å². The number of thioether (sulfide) groups is 1. The molecule has 0 atom stereocenters. The summed E-state index contributed by atoms with van der Waals surface area (Å²) in [6.45, 7) is 0.929. The Morgan fingerprint density at radius 2 is 2.21 bits per heavy atom. The zero-order valence-electron chi connectivity index (χ0n) is 10.6. The van der Waals surface area contributed by atoms with Gasteiger partial charge in [-0.1, -0.05) is 0 Å². The molecular weight excluding hydrogens is 262 g/mol. The van der Waals surface area contributed by atoms with Gasteiger partial charge in [-0.05, 0) is 36.3 Å². The van der Waals surface area contributed by atoms with Crippen molar-refractivity contribution in [2.75, 3.05) is 29.1 Å². The zero-order valence-corrected chi connectivity index (χ0v) is 11.4. The molecule has 0 bridgehead atoms. The summed E-state index contributed by atoms with van der Waals surface area (Å²) in [5.41, 5.74) is 8.63. The third-order valence-electron chi connectivity index (χ3n) is 3.51. The van der Waals surface area contributed by atoms with Crippen molar-refractivity contribution in [3.63, 3.8) is 0 Å². The fourth-order valence-electron chi connectivity index (χ4n) is 2.37. The first-order valence-electron chi connectivity index (χ1n) is 6.46. The Morgan fingerprint density at radius 3 is 3.00 bits per heavy atom. The van der Waals surface area contributed by atoms with Crippen molar-refractivity contribution in [2.45, 2.75) is 12.8 Å². The Labute approximate surface area is 114 Å². The van der Waals surface area contributed by atoms with E-state index in [1.807, 2.05) is 17.8 Å². The molecule has 2 heterocycles. The first kappa shape index (κ1) is 12.5. The summed E-state index contributed by atoms with van der Waals surface area (Å²) in [6, 6.07) is 3.53. The van der Waals surface area contributed by atoms with Crippen molar-refractivity contribution in [1.29, 1.82) is 0 Å². The van der Waals surface area contributed by atoms with E-state index in [9.17, 15) is 4.79 Å². The standard InChI is InChI=1S/C13H17N3O2S/c14-9-5-12-11(16-13(17)18-12)6-10(9)15-7-8-1-3-19-4-2-8/h5-6,8,15H,1-4,7,14H2,(H,16,17). The maximum Gasteiger partial charge on any atom is 0.417 e. The molecule has 2 aromatic rings. The molecule has 3 rings (SSSR count). The minimum absolute atomic E-state index is 0.448. The van der Waals surface area contributed by atoms with E-state index in [-0.39, 0.29) is 0 Å². The summed E-state index contributed by atoms with van der Waals surface area (Å²) >= 11 is 2.02. The van der Waals surface area contributed by atoms with Crippen LogP contribution in [0, 0.1) is 5.92 Å². The number of nitrogens with one attached hydrogen (secondary N) is 2. The van der Waals surface area contributed by atoms with Crippen molar-refractivity contribution in [2.24, 2.45) is 5.92 Å². The second-order valence-corrected chi connectivity index (χ2v) is 6.11. The van der Waals surface area contributed by atoms with E-state index >= 15 is 0 Å². The number of nitrogens with two attached hydrogens (primary N) is 1. The number of H-pyrrole nitrogens is 1. The lowest BCUT2D eigenvalue weighted by molar-refractivity contribution is 0.516. The molecule has 1 aliphatic rings. The quantitative estimate of drug-likeness (QED) is 0.751. The molecule has 0 spiro atoms. The highest BCUT2D eigenvalue weighted by Crippen LogP contribution is 2.27.